The smallest absolute Gasteiger partial charge is 0.264 e. The molecule has 0 fully saturated rings. The Morgan fingerprint density at radius 2 is 1.77 bits per heavy atom. The van der Waals surface area contributed by atoms with Crippen molar-refractivity contribution >= 4 is 5.91 Å². The number of benzene rings is 2. The molecule has 0 bridgehead atoms. The third-order valence-electron chi connectivity index (χ3n) is 4.98. The molecule has 0 spiro atoms. The zero-order chi connectivity index (χ0) is 21.1. The minimum atomic E-state index is -0.295. The number of aromatic nitrogens is 4. The average molecular weight is 399 g/mol. The van der Waals surface area contributed by atoms with Crippen LogP contribution in [0.1, 0.15) is 21.6 Å². The first-order chi connectivity index (χ1) is 14.5. The molecule has 7 heteroatoms. The quantitative estimate of drug-likeness (QED) is 0.559. The van der Waals surface area contributed by atoms with Gasteiger partial charge in [-0.05, 0) is 29.7 Å². The molecule has 0 saturated carbocycles. The number of hydrogen-bond acceptors (Lipinski definition) is 4. The Kier molecular flexibility index (Phi) is 5.26. The molecule has 4 aromatic rings. The molecule has 1 amide bonds. The maximum atomic E-state index is 13.1. The highest BCUT2D eigenvalue weighted by Crippen LogP contribution is 2.25. The summed E-state index contributed by atoms with van der Waals surface area (Å²) in [5, 5.41) is 10.6. The number of rotatable bonds is 5. The fourth-order valence-electron chi connectivity index (χ4n) is 3.40. The Labute approximate surface area is 173 Å². The largest absolute Gasteiger partial charge is 0.337 e. The lowest BCUT2D eigenvalue weighted by Gasteiger charge is -2.19. The second kappa shape index (κ2) is 8.16. The Balaban J connectivity index is 1.59. The van der Waals surface area contributed by atoms with Crippen LogP contribution in [0.5, 0.6) is 0 Å². The van der Waals surface area contributed by atoms with Gasteiger partial charge in [-0.2, -0.15) is 10.2 Å². The highest BCUT2D eigenvalue weighted by atomic mass is 16.2. The van der Waals surface area contributed by atoms with E-state index in [1.54, 1.807) is 24.9 Å². The van der Waals surface area contributed by atoms with Gasteiger partial charge >= 0.3 is 0 Å². The Bertz CT molecular complexity index is 1220. The van der Waals surface area contributed by atoms with E-state index in [1.165, 1.54) is 16.9 Å². The first-order valence-corrected chi connectivity index (χ1v) is 9.54. The van der Waals surface area contributed by atoms with E-state index >= 15 is 0 Å². The van der Waals surface area contributed by atoms with Crippen molar-refractivity contribution in [2.24, 2.45) is 0 Å². The number of carbonyl (C=O) groups excluding carboxylic acids is 1. The molecule has 150 valence electrons. The monoisotopic (exact) mass is 399 g/mol. The number of carbonyl (C=O) groups is 1. The molecule has 30 heavy (non-hydrogen) atoms. The topological polar surface area (TPSA) is 83.9 Å². The van der Waals surface area contributed by atoms with Gasteiger partial charge in [0.05, 0.1) is 17.5 Å². The molecule has 2 aromatic carbocycles. The molecule has 1 N–H and O–H groups in total. The minimum absolute atomic E-state index is 0.133. The predicted molar refractivity (Wildman–Crippen MR) is 114 cm³/mol. The number of hydrogen-bond donors (Lipinski definition) is 1. The summed E-state index contributed by atoms with van der Waals surface area (Å²) in [6.07, 6.45) is 1.53. The second-order valence-corrected chi connectivity index (χ2v) is 7.02. The van der Waals surface area contributed by atoms with Gasteiger partial charge in [0, 0.05) is 19.7 Å². The van der Waals surface area contributed by atoms with Crippen molar-refractivity contribution in [1.29, 1.82) is 0 Å². The molecule has 0 aliphatic carbocycles. The zero-order valence-electron chi connectivity index (χ0n) is 16.7. The van der Waals surface area contributed by atoms with Gasteiger partial charge in [0.1, 0.15) is 0 Å². The summed E-state index contributed by atoms with van der Waals surface area (Å²) < 4.78 is 1.54. The van der Waals surface area contributed by atoms with E-state index in [-0.39, 0.29) is 11.5 Å². The molecule has 0 unspecified atom stereocenters. The lowest BCUT2D eigenvalue weighted by molar-refractivity contribution is 0.0784. The number of H-pyrrole nitrogens is 1. The first kappa shape index (κ1) is 19.3. The Morgan fingerprint density at radius 1 is 1.03 bits per heavy atom. The van der Waals surface area contributed by atoms with Crippen LogP contribution >= 0.6 is 0 Å². The Hall–Kier alpha value is -4.00. The molecule has 0 aliphatic rings. The van der Waals surface area contributed by atoms with Crippen LogP contribution in [0.3, 0.4) is 0 Å². The summed E-state index contributed by atoms with van der Waals surface area (Å²) in [6.45, 7) is 2.27. The molecule has 2 heterocycles. The molecular formula is C23H21N5O2. The van der Waals surface area contributed by atoms with Crippen molar-refractivity contribution < 1.29 is 4.79 Å². The zero-order valence-corrected chi connectivity index (χ0v) is 16.7. The molecule has 0 radical (unpaired) electrons. The maximum Gasteiger partial charge on any atom is 0.264 e. The molecule has 0 atom stereocenters. The van der Waals surface area contributed by atoms with Crippen LogP contribution in [-0.2, 0) is 6.54 Å². The number of nitrogens with one attached hydrogen (secondary N) is 1. The van der Waals surface area contributed by atoms with Crippen LogP contribution in [0.2, 0.25) is 0 Å². The molecular weight excluding hydrogens is 378 g/mol. The highest BCUT2D eigenvalue weighted by molar-refractivity contribution is 5.95. The van der Waals surface area contributed by atoms with Crippen molar-refractivity contribution in [3.8, 4) is 16.9 Å². The van der Waals surface area contributed by atoms with Gasteiger partial charge in [-0.1, -0.05) is 54.6 Å². The van der Waals surface area contributed by atoms with Crippen LogP contribution in [-0.4, -0.2) is 37.8 Å². The number of aromatic amines is 1. The highest BCUT2D eigenvalue weighted by Gasteiger charge is 2.20. The second-order valence-electron chi connectivity index (χ2n) is 7.02. The van der Waals surface area contributed by atoms with Crippen LogP contribution in [0.25, 0.3) is 16.9 Å². The van der Waals surface area contributed by atoms with E-state index < -0.39 is 0 Å². The third-order valence-corrected chi connectivity index (χ3v) is 4.98. The van der Waals surface area contributed by atoms with Crippen LogP contribution in [0.4, 0.5) is 0 Å². The van der Waals surface area contributed by atoms with Crippen molar-refractivity contribution in [3.05, 3.63) is 100 Å². The standard InChI is InChI=1S/C23H21N5O2/c1-16-20(14-24-28(16)21-12-13-22(29)26-25-21)23(30)27(2)15-18-10-6-7-11-19(18)17-8-4-3-5-9-17/h3-14H,15H2,1-2H3,(H,26,29). The summed E-state index contributed by atoms with van der Waals surface area (Å²) in [4.78, 5) is 26.0. The predicted octanol–water partition coefficient (Wildman–Crippen LogP) is 3.20. The summed E-state index contributed by atoms with van der Waals surface area (Å²) >= 11 is 0. The lowest BCUT2D eigenvalue weighted by Crippen LogP contribution is -2.27. The molecule has 0 saturated heterocycles. The van der Waals surface area contributed by atoms with E-state index in [0.29, 0.717) is 23.6 Å². The SMILES string of the molecule is Cc1c(C(=O)N(C)Cc2ccccc2-c2ccccc2)cnn1-c1ccc(=O)[nH]n1. The van der Waals surface area contributed by atoms with E-state index in [9.17, 15) is 9.59 Å². The molecule has 4 rings (SSSR count). The van der Waals surface area contributed by atoms with E-state index in [4.69, 9.17) is 0 Å². The van der Waals surface area contributed by atoms with Crippen molar-refractivity contribution in [2.75, 3.05) is 7.05 Å². The average Bonchev–Trinajstić information content (AvgIpc) is 3.16. The summed E-state index contributed by atoms with van der Waals surface area (Å²) in [7, 11) is 1.78. The van der Waals surface area contributed by atoms with Gasteiger partial charge in [-0.15, -0.1) is 0 Å². The van der Waals surface area contributed by atoms with Gasteiger partial charge in [0.2, 0.25) is 0 Å². The van der Waals surface area contributed by atoms with E-state index in [0.717, 1.165) is 16.7 Å². The normalized spacial score (nSPS) is 10.7. The molecule has 2 aromatic heterocycles. The minimum Gasteiger partial charge on any atom is -0.337 e. The van der Waals surface area contributed by atoms with Gasteiger partial charge in [-0.25, -0.2) is 9.78 Å². The van der Waals surface area contributed by atoms with Crippen molar-refractivity contribution in [3.63, 3.8) is 0 Å². The summed E-state index contributed by atoms with van der Waals surface area (Å²) in [5.74, 6) is 0.314. The first-order valence-electron chi connectivity index (χ1n) is 9.54. The van der Waals surface area contributed by atoms with Crippen molar-refractivity contribution in [2.45, 2.75) is 13.5 Å². The summed E-state index contributed by atoms with van der Waals surface area (Å²) in [5.41, 5.74) is 4.12. The molecule has 7 nitrogen and oxygen atoms in total. The fraction of sp³-hybridized carbons (Fsp3) is 0.130. The molecule has 0 aliphatic heterocycles. The number of nitrogens with zero attached hydrogens (tertiary/aromatic N) is 4. The van der Waals surface area contributed by atoms with Crippen LogP contribution < -0.4 is 5.56 Å². The van der Waals surface area contributed by atoms with Crippen LogP contribution in [0.15, 0.2) is 77.7 Å². The summed E-state index contributed by atoms with van der Waals surface area (Å²) in [6, 6.07) is 21.1. The van der Waals surface area contributed by atoms with Gasteiger partial charge in [0.15, 0.2) is 5.82 Å². The van der Waals surface area contributed by atoms with Crippen LogP contribution in [0, 0.1) is 6.92 Å². The van der Waals surface area contributed by atoms with E-state index in [1.807, 2.05) is 36.4 Å². The fourth-order valence-corrected chi connectivity index (χ4v) is 3.40. The maximum absolute atomic E-state index is 13.1. The van der Waals surface area contributed by atoms with Crippen molar-refractivity contribution in [1.82, 2.24) is 24.9 Å². The van der Waals surface area contributed by atoms with Gasteiger partial charge in [0.25, 0.3) is 11.5 Å². The van der Waals surface area contributed by atoms with E-state index in [2.05, 4.69) is 33.5 Å². The number of amides is 1. The third kappa shape index (κ3) is 3.77. The van der Waals surface area contributed by atoms with Gasteiger partial charge < -0.3 is 4.90 Å². The van der Waals surface area contributed by atoms with Gasteiger partial charge in [-0.3, -0.25) is 9.59 Å². The Morgan fingerprint density at radius 3 is 2.50 bits per heavy atom. The lowest BCUT2D eigenvalue weighted by atomic mass is 9.99.